The maximum Gasteiger partial charge on any atom is 0.168 e. The molecule has 2 aromatic rings. The molecule has 0 amide bonds. The van der Waals surface area contributed by atoms with Gasteiger partial charge in [-0.25, -0.2) is 4.39 Å². The summed E-state index contributed by atoms with van der Waals surface area (Å²) in [6.07, 6.45) is 0.681. The van der Waals surface area contributed by atoms with E-state index in [9.17, 15) is 9.18 Å². The van der Waals surface area contributed by atoms with E-state index in [4.69, 9.17) is 0 Å². The highest BCUT2D eigenvalue weighted by Gasteiger charge is 2.08. The Morgan fingerprint density at radius 2 is 2.31 bits per heavy atom. The number of aldehydes is 1. The zero-order valence-corrected chi connectivity index (χ0v) is 6.97. The van der Waals surface area contributed by atoms with Crippen molar-refractivity contribution >= 4 is 17.2 Å². The van der Waals surface area contributed by atoms with Crippen LogP contribution in [0.15, 0.2) is 12.1 Å². The number of rotatable bonds is 1. The first kappa shape index (κ1) is 7.91. The Hall–Kier alpha value is -1.71. The molecular weight excluding hydrogens is 171 g/mol. The van der Waals surface area contributed by atoms with Crippen molar-refractivity contribution in [2.75, 3.05) is 0 Å². The minimum absolute atomic E-state index is 0.339. The summed E-state index contributed by atoms with van der Waals surface area (Å²) in [5.41, 5.74) is 1.60. The smallest absolute Gasteiger partial charge is 0.168 e. The molecule has 13 heavy (non-hydrogen) atoms. The fraction of sp³-hybridized carbons (Fsp3) is 0.111. The monoisotopic (exact) mass is 178 g/mol. The van der Waals surface area contributed by atoms with Gasteiger partial charge in [0.15, 0.2) is 6.29 Å². The predicted molar refractivity (Wildman–Crippen MR) is 46.2 cm³/mol. The highest BCUT2D eigenvalue weighted by Crippen LogP contribution is 2.20. The molecule has 1 heterocycles. The van der Waals surface area contributed by atoms with E-state index in [0.29, 0.717) is 28.4 Å². The SMILES string of the molecule is Cc1cc(F)cc2n[nH]c(C=O)c12. The van der Waals surface area contributed by atoms with Gasteiger partial charge in [-0.1, -0.05) is 0 Å². The number of nitrogens with zero attached hydrogens (tertiary/aromatic N) is 1. The van der Waals surface area contributed by atoms with Gasteiger partial charge < -0.3 is 0 Å². The molecule has 0 aliphatic carbocycles. The van der Waals surface area contributed by atoms with Gasteiger partial charge in [0.05, 0.1) is 5.52 Å². The molecule has 0 saturated carbocycles. The van der Waals surface area contributed by atoms with Crippen LogP contribution in [0.5, 0.6) is 0 Å². The number of hydrogen-bond donors (Lipinski definition) is 1. The number of aromatic nitrogens is 2. The van der Waals surface area contributed by atoms with Crippen LogP contribution in [0.2, 0.25) is 0 Å². The third-order valence-electron chi connectivity index (χ3n) is 1.96. The van der Waals surface area contributed by atoms with Crippen LogP contribution in [-0.4, -0.2) is 16.5 Å². The fourth-order valence-corrected chi connectivity index (χ4v) is 1.43. The summed E-state index contributed by atoms with van der Waals surface area (Å²) in [4.78, 5) is 10.6. The molecule has 0 radical (unpaired) electrons. The van der Waals surface area contributed by atoms with E-state index >= 15 is 0 Å². The summed E-state index contributed by atoms with van der Waals surface area (Å²) in [6, 6.07) is 2.68. The molecule has 0 bridgehead atoms. The van der Waals surface area contributed by atoms with Crippen LogP contribution in [0, 0.1) is 12.7 Å². The fourth-order valence-electron chi connectivity index (χ4n) is 1.43. The highest BCUT2D eigenvalue weighted by atomic mass is 19.1. The highest BCUT2D eigenvalue weighted by molar-refractivity contribution is 5.96. The number of carbonyl (C=O) groups is 1. The molecule has 0 aliphatic heterocycles. The van der Waals surface area contributed by atoms with Crippen LogP contribution in [-0.2, 0) is 0 Å². The van der Waals surface area contributed by atoms with Crippen LogP contribution in [0.3, 0.4) is 0 Å². The lowest BCUT2D eigenvalue weighted by Crippen LogP contribution is -1.83. The molecule has 0 atom stereocenters. The van der Waals surface area contributed by atoms with Crippen molar-refractivity contribution in [1.29, 1.82) is 0 Å². The van der Waals surface area contributed by atoms with Crippen LogP contribution in [0.25, 0.3) is 10.9 Å². The zero-order chi connectivity index (χ0) is 9.42. The number of nitrogens with one attached hydrogen (secondary N) is 1. The van der Waals surface area contributed by atoms with Gasteiger partial charge in [0.1, 0.15) is 11.5 Å². The van der Waals surface area contributed by atoms with E-state index in [-0.39, 0.29) is 5.82 Å². The molecule has 1 aromatic carbocycles. The molecule has 1 N–H and O–H groups in total. The topological polar surface area (TPSA) is 45.8 Å². The number of carbonyl (C=O) groups excluding carboxylic acids is 1. The number of H-pyrrole nitrogens is 1. The molecular formula is C9H7FN2O. The lowest BCUT2D eigenvalue weighted by Gasteiger charge is -1.95. The molecule has 2 rings (SSSR count). The third kappa shape index (κ3) is 1.11. The summed E-state index contributed by atoms with van der Waals surface area (Å²) in [5, 5.41) is 7.05. The van der Waals surface area contributed by atoms with Crippen LogP contribution < -0.4 is 0 Å². The summed E-state index contributed by atoms with van der Waals surface area (Å²) < 4.78 is 12.9. The summed E-state index contributed by atoms with van der Waals surface area (Å²) in [7, 11) is 0. The predicted octanol–water partition coefficient (Wildman–Crippen LogP) is 1.82. The number of fused-ring (bicyclic) bond motifs is 1. The van der Waals surface area contributed by atoms with Gasteiger partial charge in [-0.05, 0) is 18.6 Å². The Bertz CT molecular complexity index is 476. The van der Waals surface area contributed by atoms with Crippen molar-refractivity contribution in [3.8, 4) is 0 Å². The molecule has 0 saturated heterocycles. The van der Waals surface area contributed by atoms with Gasteiger partial charge in [-0.3, -0.25) is 9.89 Å². The Morgan fingerprint density at radius 1 is 1.54 bits per heavy atom. The minimum Gasteiger partial charge on any atom is -0.296 e. The first-order valence-electron chi connectivity index (χ1n) is 3.82. The maximum atomic E-state index is 12.9. The number of aryl methyl sites for hydroxylation is 1. The Balaban J connectivity index is 2.89. The van der Waals surface area contributed by atoms with Crippen LogP contribution in [0.1, 0.15) is 16.1 Å². The molecule has 1 aromatic heterocycles. The molecule has 0 unspecified atom stereocenters. The van der Waals surface area contributed by atoms with Gasteiger partial charge in [0.25, 0.3) is 0 Å². The Labute approximate surface area is 73.6 Å². The number of aromatic amines is 1. The lowest BCUT2D eigenvalue weighted by atomic mass is 10.1. The Kier molecular flexibility index (Phi) is 1.62. The molecule has 0 spiro atoms. The van der Waals surface area contributed by atoms with Crippen molar-refractivity contribution < 1.29 is 9.18 Å². The van der Waals surface area contributed by atoms with Crippen molar-refractivity contribution in [2.45, 2.75) is 6.92 Å². The maximum absolute atomic E-state index is 12.9. The largest absolute Gasteiger partial charge is 0.296 e. The van der Waals surface area contributed by atoms with Crippen molar-refractivity contribution in [1.82, 2.24) is 10.2 Å². The normalized spacial score (nSPS) is 10.6. The van der Waals surface area contributed by atoms with E-state index in [1.165, 1.54) is 12.1 Å². The van der Waals surface area contributed by atoms with Gasteiger partial charge in [0, 0.05) is 11.5 Å². The first-order valence-corrected chi connectivity index (χ1v) is 3.82. The van der Waals surface area contributed by atoms with E-state index in [1.54, 1.807) is 6.92 Å². The van der Waals surface area contributed by atoms with Gasteiger partial charge in [-0.15, -0.1) is 0 Å². The van der Waals surface area contributed by atoms with E-state index in [1.807, 2.05) is 0 Å². The number of hydrogen-bond acceptors (Lipinski definition) is 2. The van der Waals surface area contributed by atoms with Crippen LogP contribution >= 0.6 is 0 Å². The number of benzene rings is 1. The quantitative estimate of drug-likeness (QED) is 0.677. The molecule has 3 nitrogen and oxygen atoms in total. The molecule has 4 heteroatoms. The molecule has 66 valence electrons. The third-order valence-corrected chi connectivity index (χ3v) is 1.96. The average molecular weight is 178 g/mol. The van der Waals surface area contributed by atoms with E-state index < -0.39 is 0 Å². The molecule has 0 aliphatic rings. The van der Waals surface area contributed by atoms with Crippen molar-refractivity contribution in [3.05, 3.63) is 29.2 Å². The van der Waals surface area contributed by atoms with Crippen molar-refractivity contribution in [2.24, 2.45) is 0 Å². The van der Waals surface area contributed by atoms with Gasteiger partial charge >= 0.3 is 0 Å². The second-order valence-electron chi connectivity index (χ2n) is 2.87. The van der Waals surface area contributed by atoms with E-state index in [0.717, 1.165) is 0 Å². The lowest BCUT2D eigenvalue weighted by molar-refractivity contribution is 0.112. The summed E-state index contributed by atoms with van der Waals surface area (Å²) >= 11 is 0. The number of halogens is 1. The molecule has 0 fully saturated rings. The second kappa shape index (κ2) is 2.65. The summed E-state index contributed by atoms with van der Waals surface area (Å²) in [5.74, 6) is -0.339. The zero-order valence-electron chi connectivity index (χ0n) is 6.97. The van der Waals surface area contributed by atoms with Crippen LogP contribution in [0.4, 0.5) is 4.39 Å². The first-order chi connectivity index (χ1) is 6.22. The minimum atomic E-state index is -0.339. The Morgan fingerprint density at radius 3 is 3.00 bits per heavy atom. The average Bonchev–Trinajstić information content (AvgIpc) is 2.47. The van der Waals surface area contributed by atoms with E-state index in [2.05, 4.69) is 10.2 Å². The van der Waals surface area contributed by atoms with Gasteiger partial charge in [-0.2, -0.15) is 5.10 Å². The van der Waals surface area contributed by atoms with Gasteiger partial charge in [0.2, 0.25) is 0 Å². The summed E-state index contributed by atoms with van der Waals surface area (Å²) in [6.45, 7) is 1.74. The second-order valence-corrected chi connectivity index (χ2v) is 2.87. The standard InChI is InChI=1S/C9H7FN2O/c1-5-2-6(10)3-7-9(5)8(4-13)12-11-7/h2-4H,1H3,(H,11,12). The van der Waals surface area contributed by atoms with Crippen molar-refractivity contribution in [3.63, 3.8) is 0 Å².